The Balaban J connectivity index is 2.46. The average molecular weight is 173 g/mol. The van der Waals surface area contributed by atoms with Gasteiger partial charge < -0.3 is 4.90 Å². The molecule has 0 unspecified atom stereocenters. The number of benzene rings is 1. The zero-order valence-electron chi connectivity index (χ0n) is 8.09. The first kappa shape index (κ1) is 8.36. The van der Waals surface area contributed by atoms with Crippen LogP contribution >= 0.6 is 0 Å². The molecule has 0 amide bonds. The van der Waals surface area contributed by atoms with Crippen LogP contribution in [-0.2, 0) is 6.42 Å². The van der Waals surface area contributed by atoms with Gasteiger partial charge in [-0.25, -0.2) is 0 Å². The van der Waals surface area contributed by atoms with E-state index in [9.17, 15) is 0 Å². The standard InChI is InChI=1S/C12H15N/c1-3-10-6-7-11-5-4-8-13(2)12(11)9-10/h3,6-7,9H,1,4-5,8H2,2H3. The summed E-state index contributed by atoms with van der Waals surface area (Å²) in [6.07, 6.45) is 4.40. The van der Waals surface area contributed by atoms with Gasteiger partial charge in [-0.05, 0) is 30.0 Å². The topological polar surface area (TPSA) is 3.24 Å². The molecule has 2 rings (SSSR count). The number of anilines is 1. The van der Waals surface area contributed by atoms with Crippen LogP contribution in [0.4, 0.5) is 5.69 Å². The molecule has 13 heavy (non-hydrogen) atoms. The lowest BCUT2D eigenvalue weighted by Crippen LogP contribution is -2.24. The molecule has 0 N–H and O–H groups in total. The molecule has 0 atom stereocenters. The molecule has 1 aromatic carbocycles. The van der Waals surface area contributed by atoms with Crippen molar-refractivity contribution in [3.63, 3.8) is 0 Å². The highest BCUT2D eigenvalue weighted by molar-refractivity contribution is 5.62. The molecule has 0 aliphatic carbocycles. The highest BCUT2D eigenvalue weighted by atomic mass is 15.1. The van der Waals surface area contributed by atoms with Crippen LogP contribution < -0.4 is 4.90 Å². The van der Waals surface area contributed by atoms with Crippen LogP contribution in [0.1, 0.15) is 17.5 Å². The Morgan fingerprint density at radius 2 is 2.31 bits per heavy atom. The van der Waals surface area contributed by atoms with Crippen LogP contribution in [-0.4, -0.2) is 13.6 Å². The number of nitrogens with zero attached hydrogens (tertiary/aromatic N) is 1. The predicted molar refractivity (Wildman–Crippen MR) is 58.1 cm³/mol. The molecule has 1 aliphatic heterocycles. The van der Waals surface area contributed by atoms with E-state index in [1.165, 1.54) is 36.2 Å². The largest absolute Gasteiger partial charge is 0.374 e. The second-order valence-electron chi connectivity index (χ2n) is 3.62. The quantitative estimate of drug-likeness (QED) is 0.631. The summed E-state index contributed by atoms with van der Waals surface area (Å²) in [6, 6.07) is 6.59. The zero-order chi connectivity index (χ0) is 9.26. The van der Waals surface area contributed by atoms with Crippen LogP contribution in [0, 0.1) is 0 Å². The number of fused-ring (bicyclic) bond motifs is 1. The lowest BCUT2D eigenvalue weighted by atomic mass is 10.00. The third kappa shape index (κ3) is 1.46. The van der Waals surface area contributed by atoms with Gasteiger partial charge in [-0.3, -0.25) is 0 Å². The monoisotopic (exact) mass is 173 g/mol. The van der Waals surface area contributed by atoms with Crippen molar-refractivity contribution in [1.82, 2.24) is 0 Å². The Labute approximate surface area is 79.7 Å². The molecule has 0 saturated carbocycles. The minimum Gasteiger partial charge on any atom is -0.374 e. The third-order valence-corrected chi connectivity index (χ3v) is 2.70. The number of rotatable bonds is 1. The van der Waals surface area contributed by atoms with Crippen LogP contribution in [0.25, 0.3) is 6.08 Å². The molecule has 1 heteroatoms. The summed E-state index contributed by atoms with van der Waals surface area (Å²) >= 11 is 0. The fraction of sp³-hybridized carbons (Fsp3) is 0.333. The number of hydrogen-bond acceptors (Lipinski definition) is 1. The first-order valence-corrected chi connectivity index (χ1v) is 4.78. The van der Waals surface area contributed by atoms with Gasteiger partial charge in [0.25, 0.3) is 0 Å². The summed E-state index contributed by atoms with van der Waals surface area (Å²) in [4.78, 5) is 2.33. The second-order valence-corrected chi connectivity index (χ2v) is 3.62. The fourth-order valence-corrected chi connectivity index (χ4v) is 1.90. The first-order chi connectivity index (χ1) is 6.31. The molecule has 0 radical (unpaired) electrons. The molecule has 1 aromatic rings. The molecular weight excluding hydrogens is 158 g/mol. The van der Waals surface area contributed by atoms with E-state index >= 15 is 0 Å². The van der Waals surface area contributed by atoms with E-state index in [2.05, 4.69) is 36.7 Å². The van der Waals surface area contributed by atoms with Gasteiger partial charge in [-0.15, -0.1) is 0 Å². The van der Waals surface area contributed by atoms with Crippen molar-refractivity contribution in [2.75, 3.05) is 18.5 Å². The van der Waals surface area contributed by atoms with Crippen molar-refractivity contribution in [2.24, 2.45) is 0 Å². The summed E-state index contributed by atoms with van der Waals surface area (Å²) in [5.74, 6) is 0. The minimum absolute atomic E-state index is 1.17. The van der Waals surface area contributed by atoms with Crippen molar-refractivity contribution in [2.45, 2.75) is 12.8 Å². The van der Waals surface area contributed by atoms with E-state index in [0.29, 0.717) is 0 Å². The van der Waals surface area contributed by atoms with Crippen LogP contribution in [0.2, 0.25) is 0 Å². The fourth-order valence-electron chi connectivity index (χ4n) is 1.90. The Hall–Kier alpha value is -1.24. The van der Waals surface area contributed by atoms with Crippen LogP contribution in [0.15, 0.2) is 24.8 Å². The summed E-state index contributed by atoms with van der Waals surface area (Å²) in [6.45, 7) is 4.96. The summed E-state index contributed by atoms with van der Waals surface area (Å²) in [5.41, 5.74) is 4.07. The van der Waals surface area contributed by atoms with Gasteiger partial charge >= 0.3 is 0 Å². The smallest absolute Gasteiger partial charge is 0.0402 e. The highest BCUT2D eigenvalue weighted by Crippen LogP contribution is 2.27. The van der Waals surface area contributed by atoms with Gasteiger partial charge in [0.1, 0.15) is 0 Å². The van der Waals surface area contributed by atoms with Crippen molar-refractivity contribution in [3.05, 3.63) is 35.9 Å². The summed E-state index contributed by atoms with van der Waals surface area (Å²) in [5, 5.41) is 0. The van der Waals surface area contributed by atoms with Crippen LogP contribution in [0.3, 0.4) is 0 Å². The van der Waals surface area contributed by atoms with Gasteiger partial charge in [0.2, 0.25) is 0 Å². The molecular formula is C12H15N. The molecule has 68 valence electrons. The maximum absolute atomic E-state index is 3.79. The molecule has 0 fully saturated rings. The molecule has 0 saturated heterocycles. The Kier molecular flexibility index (Phi) is 2.09. The normalized spacial score (nSPS) is 15.3. The lowest BCUT2D eigenvalue weighted by molar-refractivity contribution is 0.744. The van der Waals surface area contributed by atoms with Crippen LogP contribution in [0.5, 0.6) is 0 Å². The number of hydrogen-bond donors (Lipinski definition) is 0. The molecule has 1 nitrogen and oxygen atoms in total. The van der Waals surface area contributed by atoms with Crippen molar-refractivity contribution < 1.29 is 0 Å². The highest BCUT2D eigenvalue weighted by Gasteiger charge is 2.12. The van der Waals surface area contributed by atoms with Gasteiger partial charge in [-0.1, -0.05) is 24.8 Å². The third-order valence-electron chi connectivity index (χ3n) is 2.70. The van der Waals surface area contributed by atoms with E-state index < -0.39 is 0 Å². The van der Waals surface area contributed by atoms with Crippen molar-refractivity contribution >= 4 is 11.8 Å². The predicted octanol–water partition coefficient (Wildman–Crippen LogP) is 2.71. The molecule has 1 heterocycles. The summed E-state index contributed by atoms with van der Waals surface area (Å²) in [7, 11) is 2.16. The van der Waals surface area contributed by atoms with Gasteiger partial charge in [0.05, 0.1) is 0 Å². The maximum atomic E-state index is 3.79. The molecule has 0 aromatic heterocycles. The SMILES string of the molecule is C=Cc1ccc2c(c1)N(C)CCC2. The van der Waals surface area contributed by atoms with E-state index in [0.717, 1.165) is 0 Å². The van der Waals surface area contributed by atoms with E-state index in [4.69, 9.17) is 0 Å². The zero-order valence-corrected chi connectivity index (χ0v) is 8.09. The lowest BCUT2D eigenvalue weighted by Gasteiger charge is -2.27. The van der Waals surface area contributed by atoms with E-state index in [1.54, 1.807) is 0 Å². The first-order valence-electron chi connectivity index (χ1n) is 4.78. The Morgan fingerprint density at radius 3 is 3.08 bits per heavy atom. The van der Waals surface area contributed by atoms with Gasteiger partial charge in [0, 0.05) is 19.3 Å². The maximum Gasteiger partial charge on any atom is 0.0402 e. The average Bonchev–Trinajstić information content (AvgIpc) is 2.18. The Bertz CT molecular complexity index is 328. The molecule has 1 aliphatic rings. The number of aryl methyl sites for hydroxylation is 1. The minimum atomic E-state index is 1.17. The Morgan fingerprint density at radius 1 is 1.46 bits per heavy atom. The molecule has 0 spiro atoms. The summed E-state index contributed by atoms with van der Waals surface area (Å²) < 4.78 is 0. The van der Waals surface area contributed by atoms with Gasteiger partial charge in [0.15, 0.2) is 0 Å². The van der Waals surface area contributed by atoms with Crippen molar-refractivity contribution in [1.29, 1.82) is 0 Å². The van der Waals surface area contributed by atoms with E-state index in [1.807, 2.05) is 6.08 Å². The molecule has 0 bridgehead atoms. The van der Waals surface area contributed by atoms with E-state index in [-0.39, 0.29) is 0 Å². The second kappa shape index (κ2) is 3.25. The van der Waals surface area contributed by atoms with Crippen molar-refractivity contribution in [3.8, 4) is 0 Å². The van der Waals surface area contributed by atoms with Gasteiger partial charge in [-0.2, -0.15) is 0 Å².